The lowest BCUT2D eigenvalue weighted by Gasteiger charge is -2.13. The second kappa shape index (κ2) is 8.62. The first kappa shape index (κ1) is 16.5. The molecule has 0 saturated carbocycles. The van der Waals surface area contributed by atoms with Crippen molar-refractivity contribution in [2.24, 2.45) is 0 Å². The Morgan fingerprint density at radius 2 is 1.50 bits per heavy atom. The molecule has 0 saturated heterocycles. The summed E-state index contributed by atoms with van der Waals surface area (Å²) in [6.07, 6.45) is 1.08. The monoisotopic (exact) mass is 290 g/mol. The predicted octanol–water partition coefficient (Wildman–Crippen LogP) is 3.51. The fraction of sp³-hybridized carbons (Fsp3) is 0.294. The summed E-state index contributed by atoms with van der Waals surface area (Å²) in [5, 5.41) is 3.49. The highest BCUT2D eigenvalue weighted by atomic mass is 35.5. The van der Waals surface area contributed by atoms with E-state index in [1.54, 1.807) is 0 Å². The van der Waals surface area contributed by atoms with Crippen LogP contribution in [0.3, 0.4) is 0 Å². The molecule has 2 rings (SSSR count). The fourth-order valence-electron chi connectivity index (χ4n) is 2.02. The first-order chi connectivity index (χ1) is 9.25. The average Bonchev–Trinajstić information content (AvgIpc) is 2.45. The fourth-order valence-corrected chi connectivity index (χ4v) is 2.02. The van der Waals surface area contributed by atoms with E-state index in [-0.39, 0.29) is 12.4 Å². The summed E-state index contributed by atoms with van der Waals surface area (Å²) in [4.78, 5) is 2.12. The minimum Gasteiger partial charge on any atom is -0.378 e. The molecule has 0 heterocycles. The van der Waals surface area contributed by atoms with Crippen LogP contribution in [0.5, 0.6) is 0 Å². The van der Waals surface area contributed by atoms with Gasteiger partial charge in [-0.3, -0.25) is 0 Å². The van der Waals surface area contributed by atoms with E-state index in [9.17, 15) is 0 Å². The van der Waals surface area contributed by atoms with Crippen LogP contribution in [-0.4, -0.2) is 20.6 Å². The summed E-state index contributed by atoms with van der Waals surface area (Å²) in [5.41, 5.74) is 3.96. The van der Waals surface area contributed by atoms with Crippen LogP contribution in [-0.2, 0) is 13.0 Å². The third-order valence-corrected chi connectivity index (χ3v) is 3.22. The normalized spacial score (nSPS) is 9.90. The molecule has 2 aromatic rings. The third-order valence-electron chi connectivity index (χ3n) is 3.22. The maximum atomic E-state index is 3.49. The predicted molar refractivity (Wildman–Crippen MR) is 89.9 cm³/mol. The number of nitrogens with zero attached hydrogens (tertiary/aromatic N) is 1. The van der Waals surface area contributed by atoms with Crippen molar-refractivity contribution >= 4 is 18.1 Å². The summed E-state index contributed by atoms with van der Waals surface area (Å²) in [6.45, 7) is 1.94. The summed E-state index contributed by atoms with van der Waals surface area (Å²) in [7, 11) is 4.13. The van der Waals surface area contributed by atoms with E-state index in [1.807, 2.05) is 0 Å². The number of nitrogens with one attached hydrogen (secondary N) is 1. The Balaban J connectivity index is 0.00000200. The van der Waals surface area contributed by atoms with E-state index in [0.717, 1.165) is 19.5 Å². The molecule has 0 aliphatic carbocycles. The molecule has 0 unspecified atom stereocenters. The van der Waals surface area contributed by atoms with Crippen molar-refractivity contribution in [2.45, 2.75) is 13.0 Å². The number of hydrogen-bond acceptors (Lipinski definition) is 2. The van der Waals surface area contributed by atoms with Crippen molar-refractivity contribution in [3.05, 3.63) is 65.7 Å². The third kappa shape index (κ3) is 5.24. The Morgan fingerprint density at radius 1 is 0.850 bits per heavy atom. The molecule has 0 radical (unpaired) electrons. The van der Waals surface area contributed by atoms with Crippen molar-refractivity contribution in [1.29, 1.82) is 0 Å². The van der Waals surface area contributed by atoms with E-state index >= 15 is 0 Å². The zero-order chi connectivity index (χ0) is 13.5. The average molecular weight is 291 g/mol. The minimum absolute atomic E-state index is 0. The molecule has 0 spiro atoms. The zero-order valence-corrected chi connectivity index (χ0v) is 13.0. The van der Waals surface area contributed by atoms with Gasteiger partial charge in [0.2, 0.25) is 0 Å². The molecular weight excluding hydrogens is 268 g/mol. The van der Waals surface area contributed by atoms with Crippen molar-refractivity contribution in [2.75, 3.05) is 25.5 Å². The van der Waals surface area contributed by atoms with Crippen molar-refractivity contribution in [3.8, 4) is 0 Å². The molecule has 0 fully saturated rings. The number of rotatable bonds is 6. The van der Waals surface area contributed by atoms with E-state index < -0.39 is 0 Å². The molecule has 1 N–H and O–H groups in total. The van der Waals surface area contributed by atoms with Crippen LogP contribution in [0, 0.1) is 0 Å². The van der Waals surface area contributed by atoms with Gasteiger partial charge in [-0.15, -0.1) is 12.4 Å². The van der Waals surface area contributed by atoms with Gasteiger partial charge in [-0.1, -0.05) is 42.5 Å². The largest absolute Gasteiger partial charge is 0.378 e. The van der Waals surface area contributed by atoms with Crippen LogP contribution in [0.2, 0.25) is 0 Å². The second-order valence-corrected chi connectivity index (χ2v) is 4.97. The van der Waals surface area contributed by atoms with Crippen LogP contribution < -0.4 is 10.2 Å². The Morgan fingerprint density at radius 3 is 2.10 bits per heavy atom. The SMILES string of the molecule is CN(C)c1ccc(CNCCc2ccccc2)cc1.Cl. The molecule has 20 heavy (non-hydrogen) atoms. The molecule has 0 aliphatic rings. The standard InChI is InChI=1S/C17H22N2.ClH/c1-19(2)17-10-8-16(9-11-17)14-18-13-12-15-6-4-3-5-7-15;/h3-11,18H,12-14H2,1-2H3;1H. The molecule has 0 aliphatic heterocycles. The lowest BCUT2D eigenvalue weighted by molar-refractivity contribution is 0.687. The highest BCUT2D eigenvalue weighted by molar-refractivity contribution is 5.85. The zero-order valence-electron chi connectivity index (χ0n) is 12.2. The van der Waals surface area contributed by atoms with Crippen LogP contribution in [0.4, 0.5) is 5.69 Å². The van der Waals surface area contributed by atoms with Gasteiger partial charge in [-0.2, -0.15) is 0 Å². The quantitative estimate of drug-likeness (QED) is 0.819. The van der Waals surface area contributed by atoms with Gasteiger partial charge in [-0.05, 0) is 36.2 Å². The Labute approximate surface area is 128 Å². The minimum atomic E-state index is 0. The van der Waals surface area contributed by atoms with Gasteiger partial charge in [-0.25, -0.2) is 0 Å². The second-order valence-electron chi connectivity index (χ2n) is 4.97. The van der Waals surface area contributed by atoms with Gasteiger partial charge < -0.3 is 10.2 Å². The molecule has 2 aromatic carbocycles. The molecule has 0 aromatic heterocycles. The molecule has 0 amide bonds. The first-order valence-electron chi connectivity index (χ1n) is 6.76. The number of benzene rings is 2. The topological polar surface area (TPSA) is 15.3 Å². The van der Waals surface area contributed by atoms with Gasteiger partial charge in [0.1, 0.15) is 0 Å². The number of halogens is 1. The lowest BCUT2D eigenvalue weighted by atomic mass is 10.1. The van der Waals surface area contributed by atoms with Gasteiger partial charge in [0.05, 0.1) is 0 Å². The highest BCUT2D eigenvalue weighted by Gasteiger charge is 1.96. The maximum absolute atomic E-state index is 3.49. The first-order valence-corrected chi connectivity index (χ1v) is 6.76. The van der Waals surface area contributed by atoms with E-state index in [4.69, 9.17) is 0 Å². The summed E-state index contributed by atoms with van der Waals surface area (Å²) in [6, 6.07) is 19.3. The Kier molecular flexibility index (Phi) is 7.13. The summed E-state index contributed by atoms with van der Waals surface area (Å²) in [5.74, 6) is 0. The smallest absolute Gasteiger partial charge is 0.0361 e. The van der Waals surface area contributed by atoms with Gasteiger partial charge in [0.15, 0.2) is 0 Å². The van der Waals surface area contributed by atoms with Gasteiger partial charge in [0, 0.05) is 26.3 Å². The van der Waals surface area contributed by atoms with Crippen molar-refractivity contribution in [3.63, 3.8) is 0 Å². The molecule has 3 heteroatoms. The molecule has 108 valence electrons. The molecule has 2 nitrogen and oxygen atoms in total. The van der Waals surface area contributed by atoms with E-state index in [2.05, 4.69) is 78.9 Å². The maximum Gasteiger partial charge on any atom is 0.0361 e. The molecular formula is C17H23ClN2. The Bertz CT molecular complexity index is 480. The van der Waals surface area contributed by atoms with Crippen LogP contribution >= 0.6 is 12.4 Å². The Hall–Kier alpha value is -1.51. The molecule has 0 atom stereocenters. The molecule has 0 bridgehead atoms. The van der Waals surface area contributed by atoms with E-state index in [1.165, 1.54) is 16.8 Å². The number of anilines is 1. The van der Waals surface area contributed by atoms with Gasteiger partial charge in [0.25, 0.3) is 0 Å². The number of hydrogen-bond donors (Lipinski definition) is 1. The lowest BCUT2D eigenvalue weighted by Crippen LogP contribution is -2.16. The van der Waals surface area contributed by atoms with Crippen LogP contribution in [0.25, 0.3) is 0 Å². The van der Waals surface area contributed by atoms with Crippen molar-refractivity contribution < 1.29 is 0 Å². The van der Waals surface area contributed by atoms with Crippen LogP contribution in [0.15, 0.2) is 54.6 Å². The van der Waals surface area contributed by atoms with Gasteiger partial charge >= 0.3 is 0 Å². The van der Waals surface area contributed by atoms with E-state index in [0.29, 0.717) is 0 Å². The summed E-state index contributed by atoms with van der Waals surface area (Å²) >= 11 is 0. The summed E-state index contributed by atoms with van der Waals surface area (Å²) < 4.78 is 0. The highest BCUT2D eigenvalue weighted by Crippen LogP contribution is 2.11. The van der Waals surface area contributed by atoms with Crippen LogP contribution in [0.1, 0.15) is 11.1 Å². The van der Waals surface area contributed by atoms with Crippen molar-refractivity contribution in [1.82, 2.24) is 5.32 Å².